The van der Waals surface area contributed by atoms with Crippen LogP contribution in [-0.2, 0) is 6.54 Å². The van der Waals surface area contributed by atoms with Crippen molar-refractivity contribution < 1.29 is 4.79 Å². The normalized spacial score (nSPS) is 11.2. The van der Waals surface area contributed by atoms with Crippen molar-refractivity contribution in [1.29, 1.82) is 0 Å². The molecular formula is C24H24N4O2S. The monoisotopic (exact) mass is 432 g/mol. The van der Waals surface area contributed by atoms with E-state index in [0.717, 1.165) is 29.1 Å². The molecular weight excluding hydrogens is 408 g/mol. The SMILES string of the molecule is CCn1c(C)cc(C(=O)CSc2nc3ccccc3c(=O)n2-c2ccc(C)cn2)c1C. The Morgan fingerprint density at radius 3 is 2.55 bits per heavy atom. The summed E-state index contributed by atoms with van der Waals surface area (Å²) >= 11 is 1.26. The number of pyridine rings is 1. The summed E-state index contributed by atoms with van der Waals surface area (Å²) in [7, 11) is 0. The number of hydrogen-bond donors (Lipinski definition) is 0. The van der Waals surface area contributed by atoms with Crippen molar-refractivity contribution in [3.05, 3.63) is 81.5 Å². The lowest BCUT2D eigenvalue weighted by Crippen LogP contribution is -2.23. The molecule has 0 saturated carbocycles. The van der Waals surface area contributed by atoms with E-state index in [1.54, 1.807) is 18.3 Å². The molecule has 1 aromatic carbocycles. The van der Waals surface area contributed by atoms with Crippen LogP contribution >= 0.6 is 11.8 Å². The summed E-state index contributed by atoms with van der Waals surface area (Å²) < 4.78 is 3.62. The number of fused-ring (bicyclic) bond motifs is 1. The van der Waals surface area contributed by atoms with Gasteiger partial charge in [-0.25, -0.2) is 14.5 Å². The Morgan fingerprint density at radius 1 is 1.10 bits per heavy atom. The van der Waals surface area contributed by atoms with Crippen LogP contribution in [0, 0.1) is 20.8 Å². The van der Waals surface area contributed by atoms with E-state index < -0.39 is 0 Å². The Balaban J connectivity index is 1.74. The number of carbonyl (C=O) groups is 1. The number of thioether (sulfide) groups is 1. The molecule has 0 unspecified atom stereocenters. The van der Waals surface area contributed by atoms with Crippen LogP contribution in [0.3, 0.4) is 0 Å². The highest BCUT2D eigenvalue weighted by Crippen LogP contribution is 2.23. The largest absolute Gasteiger partial charge is 0.349 e. The van der Waals surface area contributed by atoms with Gasteiger partial charge in [-0.1, -0.05) is 30.0 Å². The average Bonchev–Trinajstić information content (AvgIpc) is 3.06. The first-order valence-electron chi connectivity index (χ1n) is 10.2. The maximum atomic E-state index is 13.3. The third-order valence-corrected chi connectivity index (χ3v) is 6.33. The lowest BCUT2D eigenvalue weighted by atomic mass is 10.2. The van der Waals surface area contributed by atoms with E-state index in [9.17, 15) is 9.59 Å². The number of nitrogens with zero attached hydrogens (tertiary/aromatic N) is 4. The minimum atomic E-state index is -0.193. The van der Waals surface area contributed by atoms with Gasteiger partial charge in [-0.2, -0.15) is 0 Å². The zero-order valence-electron chi connectivity index (χ0n) is 18.0. The Labute approximate surface area is 185 Å². The molecule has 0 aliphatic rings. The van der Waals surface area contributed by atoms with E-state index in [-0.39, 0.29) is 17.1 Å². The van der Waals surface area contributed by atoms with Gasteiger partial charge in [-0.3, -0.25) is 9.59 Å². The molecule has 0 fully saturated rings. The molecule has 0 atom stereocenters. The fourth-order valence-corrected chi connectivity index (χ4v) is 4.67. The van der Waals surface area contributed by atoms with Crippen LogP contribution in [0.15, 0.2) is 58.6 Å². The minimum absolute atomic E-state index is 0.0172. The fourth-order valence-electron chi connectivity index (χ4n) is 3.78. The molecule has 3 aromatic heterocycles. The quantitative estimate of drug-likeness (QED) is 0.255. The lowest BCUT2D eigenvalue weighted by Gasteiger charge is -2.12. The van der Waals surface area contributed by atoms with E-state index in [1.807, 2.05) is 51.1 Å². The van der Waals surface area contributed by atoms with Crippen molar-refractivity contribution in [2.24, 2.45) is 0 Å². The molecule has 0 amide bonds. The van der Waals surface area contributed by atoms with E-state index in [4.69, 9.17) is 4.98 Å². The Hall–Kier alpha value is -3.19. The van der Waals surface area contributed by atoms with Crippen molar-refractivity contribution in [2.45, 2.75) is 39.4 Å². The zero-order valence-corrected chi connectivity index (χ0v) is 18.9. The topological polar surface area (TPSA) is 69.8 Å². The van der Waals surface area contributed by atoms with Crippen LogP contribution in [-0.4, -0.2) is 30.6 Å². The molecule has 0 aliphatic heterocycles. The highest BCUT2D eigenvalue weighted by atomic mass is 32.2. The van der Waals surface area contributed by atoms with E-state index in [2.05, 4.69) is 16.5 Å². The Morgan fingerprint density at radius 2 is 1.87 bits per heavy atom. The van der Waals surface area contributed by atoms with Crippen LogP contribution < -0.4 is 5.56 Å². The molecule has 0 bridgehead atoms. The number of aryl methyl sites for hydroxylation is 2. The number of ketones is 1. The number of aromatic nitrogens is 4. The van der Waals surface area contributed by atoms with Crippen LogP contribution in [0.4, 0.5) is 0 Å². The Kier molecular flexibility index (Phi) is 5.78. The molecule has 3 heterocycles. The maximum Gasteiger partial charge on any atom is 0.267 e. The maximum absolute atomic E-state index is 13.3. The third-order valence-electron chi connectivity index (χ3n) is 5.39. The van der Waals surface area contributed by atoms with Gasteiger partial charge in [-0.15, -0.1) is 0 Å². The number of hydrogen-bond acceptors (Lipinski definition) is 5. The highest BCUT2D eigenvalue weighted by Gasteiger charge is 2.19. The van der Waals surface area contributed by atoms with Gasteiger partial charge in [0.25, 0.3) is 5.56 Å². The second-order valence-corrected chi connectivity index (χ2v) is 8.43. The summed E-state index contributed by atoms with van der Waals surface area (Å²) in [4.78, 5) is 35.4. The van der Waals surface area contributed by atoms with Crippen LogP contribution in [0.2, 0.25) is 0 Å². The second kappa shape index (κ2) is 8.51. The Bertz CT molecular complexity index is 1340. The number of para-hydroxylation sites is 1. The first-order valence-corrected chi connectivity index (χ1v) is 11.2. The molecule has 158 valence electrons. The van der Waals surface area contributed by atoms with Crippen molar-refractivity contribution in [2.75, 3.05) is 5.75 Å². The summed E-state index contributed by atoms with van der Waals surface area (Å²) in [5.41, 5.74) is 4.17. The van der Waals surface area contributed by atoms with Crippen molar-refractivity contribution >= 4 is 28.4 Å². The van der Waals surface area contributed by atoms with Gasteiger partial charge in [-0.05, 0) is 57.5 Å². The van der Waals surface area contributed by atoms with Gasteiger partial charge >= 0.3 is 0 Å². The summed E-state index contributed by atoms with van der Waals surface area (Å²) in [6, 6.07) is 12.9. The average molecular weight is 433 g/mol. The van der Waals surface area contributed by atoms with Crippen LogP contribution in [0.1, 0.15) is 34.2 Å². The van der Waals surface area contributed by atoms with E-state index in [0.29, 0.717) is 21.9 Å². The molecule has 7 heteroatoms. The summed E-state index contributed by atoms with van der Waals surface area (Å²) in [5, 5.41) is 0.977. The molecule has 0 radical (unpaired) electrons. The summed E-state index contributed by atoms with van der Waals surface area (Å²) in [5.74, 6) is 0.696. The summed E-state index contributed by atoms with van der Waals surface area (Å²) in [6.07, 6.45) is 1.72. The number of benzene rings is 1. The van der Waals surface area contributed by atoms with E-state index >= 15 is 0 Å². The van der Waals surface area contributed by atoms with Crippen molar-refractivity contribution in [3.8, 4) is 5.82 Å². The van der Waals surface area contributed by atoms with Crippen LogP contribution in [0.5, 0.6) is 0 Å². The van der Waals surface area contributed by atoms with Gasteiger partial charge in [0.15, 0.2) is 10.9 Å². The first kappa shape index (κ1) is 21.1. The van der Waals surface area contributed by atoms with Crippen LogP contribution in [0.25, 0.3) is 16.7 Å². The zero-order chi connectivity index (χ0) is 22.1. The second-order valence-electron chi connectivity index (χ2n) is 7.49. The molecule has 0 saturated heterocycles. The first-order chi connectivity index (χ1) is 14.9. The van der Waals surface area contributed by atoms with Gasteiger partial charge in [0, 0.05) is 29.7 Å². The van der Waals surface area contributed by atoms with E-state index in [1.165, 1.54) is 16.3 Å². The molecule has 0 spiro atoms. The van der Waals surface area contributed by atoms with Gasteiger partial charge < -0.3 is 4.57 Å². The third kappa shape index (κ3) is 3.93. The van der Waals surface area contributed by atoms with Gasteiger partial charge in [0.2, 0.25) is 0 Å². The molecule has 0 aliphatic carbocycles. The minimum Gasteiger partial charge on any atom is -0.349 e. The molecule has 0 N–H and O–H groups in total. The molecule has 4 rings (SSSR count). The molecule has 31 heavy (non-hydrogen) atoms. The van der Waals surface area contributed by atoms with Gasteiger partial charge in [0.05, 0.1) is 16.7 Å². The number of rotatable bonds is 6. The highest BCUT2D eigenvalue weighted by molar-refractivity contribution is 7.99. The summed E-state index contributed by atoms with van der Waals surface area (Å²) in [6.45, 7) is 8.80. The standard InChI is InChI=1S/C24H24N4O2S/c1-5-27-16(3)12-19(17(27)4)21(29)14-31-24-26-20-9-7-6-8-18(20)23(30)28(24)22-11-10-15(2)13-25-22/h6-13H,5,14H2,1-4H3. The van der Waals surface area contributed by atoms with Crippen molar-refractivity contribution in [1.82, 2.24) is 19.1 Å². The molecule has 4 aromatic rings. The van der Waals surface area contributed by atoms with Crippen molar-refractivity contribution in [3.63, 3.8) is 0 Å². The predicted octanol–water partition coefficient (Wildman–Crippen LogP) is 4.50. The predicted molar refractivity (Wildman–Crippen MR) is 125 cm³/mol. The number of carbonyl (C=O) groups excluding carboxylic acids is 1. The number of Topliss-reactive ketones (excluding diaryl/α,β-unsaturated/α-hetero) is 1. The van der Waals surface area contributed by atoms with Gasteiger partial charge in [0.1, 0.15) is 5.82 Å². The smallest absolute Gasteiger partial charge is 0.267 e. The lowest BCUT2D eigenvalue weighted by molar-refractivity contribution is 0.102. The molecule has 6 nitrogen and oxygen atoms in total. The fraction of sp³-hybridized carbons (Fsp3) is 0.250.